The van der Waals surface area contributed by atoms with E-state index in [4.69, 9.17) is 0 Å². The molecule has 4 unspecified atom stereocenters. The Balaban J connectivity index is 2.14. The summed E-state index contributed by atoms with van der Waals surface area (Å²) in [4.78, 5) is 2.72. The second-order valence-electron chi connectivity index (χ2n) is 5.78. The maximum absolute atomic E-state index is 2.72. The Morgan fingerprint density at radius 3 is 1.75 bits per heavy atom. The molecule has 0 aliphatic carbocycles. The summed E-state index contributed by atoms with van der Waals surface area (Å²) in [6.07, 6.45) is 0. The third-order valence-corrected chi connectivity index (χ3v) is 4.70. The van der Waals surface area contributed by atoms with Crippen molar-refractivity contribution in [2.24, 2.45) is 11.8 Å². The van der Waals surface area contributed by atoms with Gasteiger partial charge in [0.1, 0.15) is 0 Å². The third-order valence-electron chi connectivity index (χ3n) is 4.70. The van der Waals surface area contributed by atoms with Gasteiger partial charge in [-0.15, -0.1) is 0 Å². The summed E-state index contributed by atoms with van der Waals surface area (Å²) in [5, 5.41) is 0. The zero-order chi connectivity index (χ0) is 11.4. The molecule has 0 spiro atoms. The van der Waals surface area contributed by atoms with Crippen LogP contribution in [0.25, 0.3) is 0 Å². The first-order valence-electron chi connectivity index (χ1n) is 6.49. The first-order valence-corrected chi connectivity index (χ1v) is 6.49. The average molecular weight is 215 g/mol. The van der Waals surface area contributed by atoms with Crippen molar-refractivity contribution in [3.8, 4) is 0 Å². The van der Waals surface area contributed by atoms with Crippen molar-refractivity contribution >= 4 is 0 Å². The molecule has 0 N–H and O–H groups in total. The largest absolute Gasteiger partial charge is 0.286 e. The molecular formula is C15H21N. The van der Waals surface area contributed by atoms with Gasteiger partial charge in [-0.2, -0.15) is 0 Å². The van der Waals surface area contributed by atoms with Gasteiger partial charge in [0.15, 0.2) is 0 Å². The first-order chi connectivity index (χ1) is 7.63. The van der Waals surface area contributed by atoms with Crippen LogP contribution in [0.2, 0.25) is 0 Å². The Hall–Kier alpha value is -0.820. The zero-order valence-electron chi connectivity index (χ0n) is 10.6. The molecule has 16 heavy (non-hydrogen) atoms. The van der Waals surface area contributed by atoms with E-state index in [2.05, 4.69) is 56.9 Å². The normalized spacial score (nSPS) is 37.1. The fraction of sp³-hybridized carbons (Fsp3) is 0.600. The van der Waals surface area contributed by atoms with Crippen LogP contribution < -0.4 is 0 Å². The van der Waals surface area contributed by atoms with Gasteiger partial charge in [0.05, 0.1) is 0 Å². The fourth-order valence-electron chi connectivity index (χ4n) is 3.87. The van der Waals surface area contributed by atoms with Crippen LogP contribution in [0.3, 0.4) is 0 Å². The van der Waals surface area contributed by atoms with E-state index in [0.717, 1.165) is 11.8 Å². The van der Waals surface area contributed by atoms with Crippen LogP contribution in [0.15, 0.2) is 24.3 Å². The Morgan fingerprint density at radius 2 is 1.38 bits per heavy atom. The van der Waals surface area contributed by atoms with Gasteiger partial charge in [-0.25, -0.2) is 0 Å². The summed E-state index contributed by atoms with van der Waals surface area (Å²) >= 11 is 0. The molecule has 0 radical (unpaired) electrons. The molecule has 2 bridgehead atoms. The van der Waals surface area contributed by atoms with Crippen molar-refractivity contribution in [2.45, 2.75) is 45.8 Å². The standard InChI is InChI=1S/C15H21N/c1-9(2)16-14-10(3)11(4)15(16)13-8-6-5-7-12(13)14/h5-11,14-15H,1-4H3. The highest BCUT2D eigenvalue weighted by Gasteiger charge is 2.52. The molecule has 4 atom stereocenters. The van der Waals surface area contributed by atoms with Crippen LogP contribution in [-0.4, -0.2) is 10.9 Å². The van der Waals surface area contributed by atoms with Crippen molar-refractivity contribution in [3.05, 3.63) is 35.4 Å². The molecule has 2 aliphatic rings. The van der Waals surface area contributed by atoms with E-state index in [1.54, 1.807) is 11.1 Å². The van der Waals surface area contributed by atoms with E-state index in [0.29, 0.717) is 18.1 Å². The maximum Gasteiger partial charge on any atom is 0.0389 e. The molecule has 2 heterocycles. The average Bonchev–Trinajstić information content (AvgIpc) is 2.73. The molecule has 1 heteroatoms. The van der Waals surface area contributed by atoms with E-state index in [9.17, 15) is 0 Å². The number of fused-ring (bicyclic) bond motifs is 5. The van der Waals surface area contributed by atoms with Crippen molar-refractivity contribution in [2.75, 3.05) is 0 Å². The molecule has 1 fully saturated rings. The van der Waals surface area contributed by atoms with Crippen LogP contribution in [-0.2, 0) is 0 Å². The lowest BCUT2D eigenvalue weighted by atomic mass is 9.78. The Bertz CT molecular complexity index is 375. The number of hydrogen-bond donors (Lipinski definition) is 0. The van der Waals surface area contributed by atoms with Gasteiger partial charge in [-0.3, -0.25) is 4.90 Å². The molecule has 86 valence electrons. The predicted molar refractivity (Wildman–Crippen MR) is 67.2 cm³/mol. The van der Waals surface area contributed by atoms with Gasteiger partial charge >= 0.3 is 0 Å². The van der Waals surface area contributed by atoms with Gasteiger partial charge in [-0.05, 0) is 36.8 Å². The van der Waals surface area contributed by atoms with Crippen LogP contribution in [0, 0.1) is 11.8 Å². The quantitative estimate of drug-likeness (QED) is 0.689. The van der Waals surface area contributed by atoms with E-state index < -0.39 is 0 Å². The molecule has 0 saturated carbocycles. The van der Waals surface area contributed by atoms with Crippen molar-refractivity contribution < 1.29 is 0 Å². The molecule has 2 aliphatic heterocycles. The second kappa shape index (κ2) is 3.33. The number of nitrogens with zero attached hydrogens (tertiary/aromatic N) is 1. The molecule has 0 amide bonds. The van der Waals surface area contributed by atoms with Gasteiger partial charge in [-0.1, -0.05) is 38.1 Å². The minimum atomic E-state index is 0.648. The monoisotopic (exact) mass is 215 g/mol. The first kappa shape index (κ1) is 10.3. The van der Waals surface area contributed by atoms with Crippen LogP contribution in [0.5, 0.6) is 0 Å². The molecule has 1 nitrogen and oxygen atoms in total. The lowest BCUT2D eigenvalue weighted by Crippen LogP contribution is -2.28. The van der Waals surface area contributed by atoms with Crippen LogP contribution in [0.1, 0.15) is 50.9 Å². The highest BCUT2D eigenvalue weighted by Crippen LogP contribution is 2.59. The molecule has 1 saturated heterocycles. The predicted octanol–water partition coefficient (Wildman–Crippen LogP) is 3.78. The van der Waals surface area contributed by atoms with Gasteiger partial charge in [0, 0.05) is 18.1 Å². The Kier molecular flexibility index (Phi) is 2.16. The summed E-state index contributed by atoms with van der Waals surface area (Å²) in [6, 6.07) is 11.0. The third kappa shape index (κ3) is 1.10. The summed E-state index contributed by atoms with van der Waals surface area (Å²) in [5.41, 5.74) is 3.18. The molecule has 1 aromatic rings. The van der Waals surface area contributed by atoms with Gasteiger partial charge < -0.3 is 0 Å². The summed E-state index contributed by atoms with van der Waals surface area (Å²) in [7, 11) is 0. The topological polar surface area (TPSA) is 3.24 Å². The fourth-order valence-corrected chi connectivity index (χ4v) is 3.87. The van der Waals surface area contributed by atoms with Crippen LogP contribution >= 0.6 is 0 Å². The van der Waals surface area contributed by atoms with E-state index in [1.165, 1.54) is 0 Å². The summed E-state index contributed by atoms with van der Waals surface area (Å²) < 4.78 is 0. The van der Waals surface area contributed by atoms with Gasteiger partial charge in [0.2, 0.25) is 0 Å². The van der Waals surface area contributed by atoms with Gasteiger partial charge in [0.25, 0.3) is 0 Å². The number of hydrogen-bond acceptors (Lipinski definition) is 1. The summed E-state index contributed by atoms with van der Waals surface area (Å²) in [6.45, 7) is 9.49. The Labute approximate surface area is 98.5 Å². The number of rotatable bonds is 1. The number of benzene rings is 1. The van der Waals surface area contributed by atoms with E-state index >= 15 is 0 Å². The zero-order valence-corrected chi connectivity index (χ0v) is 10.6. The maximum atomic E-state index is 2.72. The highest BCUT2D eigenvalue weighted by molar-refractivity contribution is 5.41. The molecule has 1 aromatic carbocycles. The minimum Gasteiger partial charge on any atom is -0.286 e. The lowest BCUT2D eigenvalue weighted by Gasteiger charge is -2.27. The Morgan fingerprint density at radius 1 is 0.938 bits per heavy atom. The van der Waals surface area contributed by atoms with Crippen molar-refractivity contribution in [3.63, 3.8) is 0 Å². The van der Waals surface area contributed by atoms with E-state index in [-0.39, 0.29) is 0 Å². The molecule has 3 rings (SSSR count). The summed E-state index contributed by atoms with van der Waals surface area (Å²) in [5.74, 6) is 1.59. The van der Waals surface area contributed by atoms with Crippen molar-refractivity contribution in [1.82, 2.24) is 4.90 Å². The second-order valence-corrected chi connectivity index (χ2v) is 5.78. The molecule has 0 aromatic heterocycles. The lowest BCUT2D eigenvalue weighted by molar-refractivity contribution is 0.159. The molecular weight excluding hydrogens is 194 g/mol. The highest BCUT2D eigenvalue weighted by atomic mass is 15.3. The van der Waals surface area contributed by atoms with E-state index in [1.807, 2.05) is 0 Å². The SMILES string of the molecule is CC1C(C)C2c3ccccc3C1N2C(C)C. The minimum absolute atomic E-state index is 0.648. The van der Waals surface area contributed by atoms with Crippen molar-refractivity contribution in [1.29, 1.82) is 0 Å². The smallest absolute Gasteiger partial charge is 0.0389 e. The van der Waals surface area contributed by atoms with Crippen LogP contribution in [0.4, 0.5) is 0 Å².